The number of nitrogens with one attached hydrogen (secondary N) is 2. The number of guanidine groups is 1. The van der Waals surface area contributed by atoms with E-state index in [0.29, 0.717) is 11.9 Å². The van der Waals surface area contributed by atoms with Gasteiger partial charge in [-0.15, -0.1) is 35.3 Å². The van der Waals surface area contributed by atoms with Gasteiger partial charge in [0.15, 0.2) is 5.96 Å². The van der Waals surface area contributed by atoms with Gasteiger partial charge >= 0.3 is 0 Å². The SMILES string of the molecule is CCNC(=NCCc1ncc(C)s1)NC1CCN(C(=O)C(CC)CC)CC1.I. The Hall–Kier alpha value is -0.900. The van der Waals surface area contributed by atoms with Crippen LogP contribution in [0.15, 0.2) is 11.2 Å². The first-order valence-electron chi connectivity index (χ1n) is 10.3. The van der Waals surface area contributed by atoms with Crippen LogP contribution < -0.4 is 10.6 Å². The molecule has 1 aliphatic heterocycles. The molecule has 1 amide bonds. The molecule has 28 heavy (non-hydrogen) atoms. The van der Waals surface area contributed by atoms with Gasteiger partial charge in [0.1, 0.15) is 0 Å². The van der Waals surface area contributed by atoms with E-state index >= 15 is 0 Å². The average molecular weight is 522 g/mol. The Bertz CT molecular complexity index is 609. The van der Waals surface area contributed by atoms with Crippen molar-refractivity contribution >= 4 is 47.2 Å². The molecule has 0 aromatic carbocycles. The largest absolute Gasteiger partial charge is 0.357 e. The van der Waals surface area contributed by atoms with Crippen molar-refractivity contribution in [2.24, 2.45) is 10.9 Å². The summed E-state index contributed by atoms with van der Waals surface area (Å²) in [7, 11) is 0. The summed E-state index contributed by atoms with van der Waals surface area (Å²) in [4.78, 5) is 24.9. The number of aryl methyl sites for hydroxylation is 1. The molecule has 1 aliphatic rings. The molecule has 2 N–H and O–H groups in total. The Balaban J connectivity index is 0.00000392. The smallest absolute Gasteiger partial charge is 0.225 e. The summed E-state index contributed by atoms with van der Waals surface area (Å²) in [5.74, 6) is 1.39. The zero-order valence-electron chi connectivity index (χ0n) is 17.7. The number of halogens is 1. The van der Waals surface area contributed by atoms with Gasteiger partial charge in [0.05, 0.1) is 5.01 Å². The van der Waals surface area contributed by atoms with E-state index in [2.05, 4.69) is 43.3 Å². The van der Waals surface area contributed by atoms with E-state index in [1.807, 2.05) is 11.1 Å². The summed E-state index contributed by atoms with van der Waals surface area (Å²) in [6, 6.07) is 0.371. The first-order chi connectivity index (χ1) is 13.1. The molecular weight excluding hydrogens is 485 g/mol. The number of rotatable bonds is 8. The normalized spacial score (nSPS) is 15.5. The fourth-order valence-corrected chi connectivity index (χ4v) is 4.21. The predicted molar refractivity (Wildman–Crippen MR) is 129 cm³/mol. The fraction of sp³-hybridized carbons (Fsp3) is 0.750. The molecule has 0 bridgehead atoms. The lowest BCUT2D eigenvalue weighted by Crippen LogP contribution is -2.50. The minimum Gasteiger partial charge on any atom is -0.357 e. The van der Waals surface area contributed by atoms with Crippen LogP contribution in [0.25, 0.3) is 0 Å². The molecule has 8 heteroatoms. The van der Waals surface area contributed by atoms with Crippen LogP contribution in [0.1, 0.15) is 56.3 Å². The third kappa shape index (κ3) is 7.85. The molecular formula is C20H36IN5OS. The van der Waals surface area contributed by atoms with Gasteiger partial charge in [0.25, 0.3) is 0 Å². The van der Waals surface area contributed by atoms with Crippen molar-refractivity contribution in [2.45, 2.75) is 65.8 Å². The maximum Gasteiger partial charge on any atom is 0.225 e. The van der Waals surface area contributed by atoms with E-state index in [1.165, 1.54) is 4.88 Å². The number of likely N-dealkylation sites (tertiary alicyclic amines) is 1. The molecule has 160 valence electrons. The van der Waals surface area contributed by atoms with Gasteiger partial charge in [0.2, 0.25) is 5.91 Å². The number of carbonyl (C=O) groups is 1. The van der Waals surface area contributed by atoms with Crippen molar-refractivity contribution in [1.82, 2.24) is 20.5 Å². The van der Waals surface area contributed by atoms with Crippen LogP contribution in [0.5, 0.6) is 0 Å². The number of nitrogens with zero attached hydrogens (tertiary/aromatic N) is 3. The van der Waals surface area contributed by atoms with Crippen LogP contribution in [-0.4, -0.2) is 54.0 Å². The van der Waals surface area contributed by atoms with E-state index in [-0.39, 0.29) is 29.9 Å². The van der Waals surface area contributed by atoms with Crippen molar-refractivity contribution in [3.63, 3.8) is 0 Å². The van der Waals surface area contributed by atoms with Gasteiger partial charge in [-0.1, -0.05) is 13.8 Å². The molecule has 1 aromatic heterocycles. The van der Waals surface area contributed by atoms with E-state index in [9.17, 15) is 4.79 Å². The third-order valence-corrected chi connectivity index (χ3v) is 6.06. The van der Waals surface area contributed by atoms with Gasteiger partial charge in [-0.2, -0.15) is 0 Å². The standard InChI is InChI=1S/C20H35N5OS.HI/c1-5-16(6-2)19(26)25-12-9-17(10-13-25)24-20(21-7-3)22-11-8-18-23-14-15(4)27-18;/h14,16-17H,5-13H2,1-4H3,(H2,21,22,24);1H. The van der Waals surface area contributed by atoms with E-state index < -0.39 is 0 Å². The van der Waals surface area contributed by atoms with Gasteiger partial charge < -0.3 is 15.5 Å². The summed E-state index contributed by atoms with van der Waals surface area (Å²) in [6.07, 6.45) is 6.61. The highest BCUT2D eigenvalue weighted by Gasteiger charge is 2.26. The molecule has 2 rings (SSSR count). The first-order valence-corrected chi connectivity index (χ1v) is 11.1. The number of thiazole rings is 1. The van der Waals surface area contributed by atoms with Crippen LogP contribution in [-0.2, 0) is 11.2 Å². The maximum absolute atomic E-state index is 12.5. The summed E-state index contributed by atoms with van der Waals surface area (Å²) in [5, 5.41) is 8.02. The zero-order chi connectivity index (χ0) is 19.6. The van der Waals surface area contributed by atoms with E-state index in [1.54, 1.807) is 11.3 Å². The summed E-state index contributed by atoms with van der Waals surface area (Å²) < 4.78 is 0. The Morgan fingerprint density at radius 1 is 1.32 bits per heavy atom. The highest BCUT2D eigenvalue weighted by Crippen LogP contribution is 2.17. The van der Waals surface area contributed by atoms with Crippen molar-refractivity contribution in [3.8, 4) is 0 Å². The average Bonchev–Trinajstić information content (AvgIpc) is 3.08. The van der Waals surface area contributed by atoms with Gasteiger partial charge in [-0.3, -0.25) is 9.79 Å². The molecule has 1 saturated heterocycles. The van der Waals surface area contributed by atoms with Crippen molar-refractivity contribution < 1.29 is 4.79 Å². The molecule has 0 unspecified atom stereocenters. The number of amides is 1. The Morgan fingerprint density at radius 2 is 2.00 bits per heavy atom. The van der Waals surface area contributed by atoms with Gasteiger partial charge in [-0.05, 0) is 39.5 Å². The second-order valence-corrected chi connectivity index (χ2v) is 8.45. The minimum absolute atomic E-state index is 0. The lowest BCUT2D eigenvalue weighted by molar-refractivity contribution is -0.136. The third-order valence-electron chi connectivity index (χ3n) is 5.09. The number of aromatic nitrogens is 1. The molecule has 2 heterocycles. The Labute approximate surface area is 191 Å². The summed E-state index contributed by atoms with van der Waals surface area (Å²) in [6.45, 7) is 11.6. The highest BCUT2D eigenvalue weighted by atomic mass is 127. The van der Waals surface area contributed by atoms with Gasteiger partial charge in [-0.25, -0.2) is 4.98 Å². The maximum atomic E-state index is 12.5. The van der Waals surface area contributed by atoms with Crippen molar-refractivity contribution in [3.05, 3.63) is 16.1 Å². The second kappa shape index (κ2) is 13.3. The Morgan fingerprint density at radius 3 is 2.54 bits per heavy atom. The molecule has 0 spiro atoms. The van der Waals surface area contributed by atoms with Gasteiger partial charge in [0, 0.05) is 55.6 Å². The van der Waals surface area contributed by atoms with E-state index in [4.69, 9.17) is 4.99 Å². The number of piperidine rings is 1. The van der Waals surface area contributed by atoms with Crippen molar-refractivity contribution in [1.29, 1.82) is 0 Å². The summed E-state index contributed by atoms with van der Waals surface area (Å²) >= 11 is 1.74. The number of hydrogen-bond acceptors (Lipinski definition) is 4. The van der Waals surface area contributed by atoms with Crippen LogP contribution in [0.2, 0.25) is 0 Å². The number of carbonyl (C=O) groups excluding carboxylic acids is 1. The van der Waals surface area contributed by atoms with Crippen molar-refractivity contribution in [2.75, 3.05) is 26.2 Å². The topological polar surface area (TPSA) is 69.6 Å². The summed E-state index contributed by atoms with van der Waals surface area (Å²) in [5.41, 5.74) is 0. The minimum atomic E-state index is 0. The predicted octanol–water partition coefficient (Wildman–Crippen LogP) is 3.59. The molecule has 6 nitrogen and oxygen atoms in total. The van der Waals surface area contributed by atoms with Crippen LogP contribution in [0.3, 0.4) is 0 Å². The molecule has 0 saturated carbocycles. The zero-order valence-corrected chi connectivity index (χ0v) is 20.8. The quantitative estimate of drug-likeness (QED) is 0.312. The lowest BCUT2D eigenvalue weighted by atomic mass is 9.98. The van der Waals surface area contributed by atoms with Crippen LogP contribution in [0, 0.1) is 12.8 Å². The fourth-order valence-electron chi connectivity index (χ4n) is 3.43. The first kappa shape index (κ1) is 25.1. The molecule has 0 atom stereocenters. The molecule has 0 radical (unpaired) electrons. The van der Waals surface area contributed by atoms with Crippen LogP contribution >= 0.6 is 35.3 Å². The molecule has 1 fully saturated rings. The monoisotopic (exact) mass is 521 g/mol. The van der Waals surface area contributed by atoms with Crippen LogP contribution in [0.4, 0.5) is 0 Å². The molecule has 0 aliphatic carbocycles. The highest BCUT2D eigenvalue weighted by molar-refractivity contribution is 14.0. The number of hydrogen-bond donors (Lipinski definition) is 2. The number of aliphatic imine (C=N–C) groups is 1. The lowest BCUT2D eigenvalue weighted by Gasteiger charge is -2.34. The van der Waals surface area contributed by atoms with E-state index in [0.717, 1.165) is 69.3 Å². The Kier molecular flexibility index (Phi) is 12.0. The second-order valence-electron chi connectivity index (χ2n) is 7.13. The molecule has 1 aromatic rings.